The standard InChI is InChI=1S/C24H28IN5O2/c1-24(2,3)32-23(31)27-15-16-9-13-30(14-10-16)22-18-5-4-6-19(25)20(18)28-21(29-22)17-7-11-26-12-8-17/h4-8,11-12,16H,9-10,13-15H2,1-3H3,(H,27,31). The monoisotopic (exact) mass is 545 g/mol. The Morgan fingerprint density at radius 3 is 2.56 bits per heavy atom. The second-order valence-electron chi connectivity index (χ2n) is 9.06. The third kappa shape index (κ3) is 5.46. The van der Waals surface area contributed by atoms with E-state index in [1.54, 1.807) is 12.4 Å². The Hall–Kier alpha value is -2.49. The lowest BCUT2D eigenvalue weighted by Crippen LogP contribution is -2.40. The number of halogens is 1. The molecule has 2 aromatic heterocycles. The molecule has 1 fully saturated rings. The van der Waals surface area contributed by atoms with Crippen LogP contribution in [0.4, 0.5) is 10.6 Å². The number of ether oxygens (including phenoxy) is 1. The lowest BCUT2D eigenvalue weighted by Gasteiger charge is -2.33. The maximum Gasteiger partial charge on any atom is 0.407 e. The van der Waals surface area contributed by atoms with E-state index in [0.717, 1.165) is 51.8 Å². The number of anilines is 1. The number of rotatable bonds is 4. The molecule has 0 saturated carbocycles. The summed E-state index contributed by atoms with van der Waals surface area (Å²) < 4.78 is 6.46. The van der Waals surface area contributed by atoms with Gasteiger partial charge in [-0.05, 0) is 86.4 Å². The number of para-hydroxylation sites is 1. The third-order valence-electron chi connectivity index (χ3n) is 5.44. The highest BCUT2D eigenvalue weighted by Gasteiger charge is 2.24. The van der Waals surface area contributed by atoms with Crippen molar-refractivity contribution in [3.05, 3.63) is 46.3 Å². The van der Waals surface area contributed by atoms with Gasteiger partial charge in [-0.3, -0.25) is 4.98 Å². The first-order valence-corrected chi connectivity index (χ1v) is 12.0. The number of carbonyl (C=O) groups is 1. The summed E-state index contributed by atoms with van der Waals surface area (Å²) in [5.41, 5.74) is 1.45. The molecule has 1 N–H and O–H groups in total. The van der Waals surface area contributed by atoms with Crippen molar-refractivity contribution in [3.63, 3.8) is 0 Å². The fourth-order valence-corrected chi connectivity index (χ4v) is 4.48. The Morgan fingerprint density at radius 2 is 1.88 bits per heavy atom. The molecule has 7 nitrogen and oxygen atoms in total. The van der Waals surface area contributed by atoms with Gasteiger partial charge in [0.1, 0.15) is 11.4 Å². The molecule has 3 heterocycles. The Balaban J connectivity index is 1.51. The minimum Gasteiger partial charge on any atom is -0.444 e. The summed E-state index contributed by atoms with van der Waals surface area (Å²) in [5.74, 6) is 2.11. The number of piperidine rings is 1. The van der Waals surface area contributed by atoms with Crippen LogP contribution < -0.4 is 10.2 Å². The molecular formula is C24H28IN5O2. The Bertz CT molecular complexity index is 1090. The smallest absolute Gasteiger partial charge is 0.407 e. The molecule has 1 aromatic carbocycles. The Kier molecular flexibility index (Phi) is 6.78. The van der Waals surface area contributed by atoms with E-state index in [1.807, 2.05) is 32.9 Å². The summed E-state index contributed by atoms with van der Waals surface area (Å²) in [6.07, 6.45) is 5.15. The van der Waals surface area contributed by atoms with Crippen LogP contribution >= 0.6 is 22.6 Å². The number of pyridine rings is 1. The van der Waals surface area contributed by atoms with Gasteiger partial charge < -0.3 is 15.0 Å². The minimum atomic E-state index is -0.481. The first kappa shape index (κ1) is 22.7. The van der Waals surface area contributed by atoms with Crippen LogP contribution in [0, 0.1) is 9.49 Å². The number of nitrogens with zero attached hydrogens (tertiary/aromatic N) is 4. The van der Waals surface area contributed by atoms with Crippen molar-refractivity contribution in [2.45, 2.75) is 39.2 Å². The molecule has 4 rings (SSSR count). The van der Waals surface area contributed by atoms with E-state index in [2.05, 4.69) is 56.0 Å². The number of hydrogen-bond acceptors (Lipinski definition) is 6. The lowest BCUT2D eigenvalue weighted by atomic mass is 9.96. The van der Waals surface area contributed by atoms with Crippen LogP contribution in [-0.4, -0.2) is 46.3 Å². The van der Waals surface area contributed by atoms with Crippen LogP contribution in [0.5, 0.6) is 0 Å². The minimum absolute atomic E-state index is 0.349. The zero-order valence-corrected chi connectivity index (χ0v) is 20.8. The van der Waals surface area contributed by atoms with Crippen LogP contribution in [0.15, 0.2) is 42.7 Å². The van der Waals surface area contributed by atoms with Gasteiger partial charge in [0.25, 0.3) is 0 Å². The van der Waals surface area contributed by atoms with E-state index in [-0.39, 0.29) is 6.09 Å². The Morgan fingerprint density at radius 1 is 1.16 bits per heavy atom. The number of nitrogens with one attached hydrogen (secondary N) is 1. The van der Waals surface area contributed by atoms with Crippen molar-refractivity contribution < 1.29 is 9.53 Å². The molecule has 1 aliphatic rings. The van der Waals surface area contributed by atoms with E-state index in [0.29, 0.717) is 18.3 Å². The van der Waals surface area contributed by atoms with Crippen LogP contribution in [0.3, 0.4) is 0 Å². The second kappa shape index (κ2) is 9.56. The molecular weight excluding hydrogens is 517 g/mol. The molecule has 168 valence electrons. The lowest BCUT2D eigenvalue weighted by molar-refractivity contribution is 0.0517. The number of amides is 1. The maximum atomic E-state index is 12.0. The molecule has 3 aromatic rings. The first-order valence-electron chi connectivity index (χ1n) is 10.9. The second-order valence-corrected chi connectivity index (χ2v) is 10.2. The van der Waals surface area contributed by atoms with E-state index in [4.69, 9.17) is 14.7 Å². The zero-order valence-electron chi connectivity index (χ0n) is 18.6. The van der Waals surface area contributed by atoms with Gasteiger partial charge in [0.05, 0.1) is 5.52 Å². The largest absolute Gasteiger partial charge is 0.444 e. The fraction of sp³-hybridized carbons (Fsp3) is 0.417. The topological polar surface area (TPSA) is 80.2 Å². The third-order valence-corrected chi connectivity index (χ3v) is 6.31. The summed E-state index contributed by atoms with van der Waals surface area (Å²) in [7, 11) is 0. The summed E-state index contributed by atoms with van der Waals surface area (Å²) in [5, 5.41) is 3.99. The van der Waals surface area contributed by atoms with Gasteiger partial charge in [-0.15, -0.1) is 0 Å². The van der Waals surface area contributed by atoms with Gasteiger partial charge in [-0.2, -0.15) is 0 Å². The summed E-state index contributed by atoms with van der Waals surface area (Å²) in [6, 6.07) is 10.1. The van der Waals surface area contributed by atoms with Gasteiger partial charge in [0.15, 0.2) is 5.82 Å². The molecule has 0 bridgehead atoms. The summed E-state index contributed by atoms with van der Waals surface area (Å²) >= 11 is 2.34. The molecule has 32 heavy (non-hydrogen) atoms. The Labute approximate surface area is 202 Å². The van der Waals surface area contributed by atoms with Crippen LogP contribution in [0.1, 0.15) is 33.6 Å². The predicted octanol–water partition coefficient (Wildman–Crippen LogP) is 5.04. The molecule has 0 unspecified atom stereocenters. The van der Waals surface area contributed by atoms with Crippen molar-refractivity contribution >= 4 is 45.4 Å². The number of alkyl carbamates (subject to hydrolysis) is 1. The highest BCUT2D eigenvalue weighted by molar-refractivity contribution is 14.1. The molecule has 1 aliphatic heterocycles. The molecule has 0 aliphatic carbocycles. The van der Waals surface area contributed by atoms with E-state index in [1.165, 1.54) is 0 Å². The van der Waals surface area contributed by atoms with Crippen LogP contribution in [0.2, 0.25) is 0 Å². The van der Waals surface area contributed by atoms with Gasteiger partial charge >= 0.3 is 6.09 Å². The average Bonchev–Trinajstić information content (AvgIpc) is 2.77. The van der Waals surface area contributed by atoms with Crippen LogP contribution in [0.25, 0.3) is 22.3 Å². The predicted molar refractivity (Wildman–Crippen MR) is 135 cm³/mol. The molecule has 0 atom stereocenters. The van der Waals surface area contributed by atoms with Crippen LogP contribution in [-0.2, 0) is 4.74 Å². The zero-order chi connectivity index (χ0) is 22.7. The van der Waals surface area contributed by atoms with E-state index >= 15 is 0 Å². The number of fused-ring (bicyclic) bond motifs is 1. The van der Waals surface area contributed by atoms with E-state index in [9.17, 15) is 4.79 Å². The normalized spacial score (nSPS) is 15.1. The highest BCUT2D eigenvalue weighted by atomic mass is 127. The first-order chi connectivity index (χ1) is 15.3. The highest BCUT2D eigenvalue weighted by Crippen LogP contribution is 2.32. The molecule has 1 saturated heterocycles. The molecule has 0 radical (unpaired) electrons. The quantitative estimate of drug-likeness (QED) is 0.463. The average molecular weight is 545 g/mol. The fourth-order valence-electron chi connectivity index (χ4n) is 3.86. The number of hydrogen-bond donors (Lipinski definition) is 1. The van der Waals surface area contributed by atoms with Gasteiger partial charge in [0, 0.05) is 46.5 Å². The molecule has 8 heteroatoms. The van der Waals surface area contributed by atoms with Gasteiger partial charge in [0.2, 0.25) is 0 Å². The van der Waals surface area contributed by atoms with Crippen molar-refractivity contribution in [1.82, 2.24) is 20.3 Å². The number of benzene rings is 1. The maximum absolute atomic E-state index is 12.0. The van der Waals surface area contributed by atoms with Crippen molar-refractivity contribution in [3.8, 4) is 11.4 Å². The number of aromatic nitrogens is 3. The SMILES string of the molecule is CC(C)(C)OC(=O)NCC1CCN(c2nc(-c3ccncc3)nc3c(I)cccc23)CC1. The van der Waals surface area contributed by atoms with Crippen molar-refractivity contribution in [2.75, 3.05) is 24.5 Å². The summed E-state index contributed by atoms with van der Waals surface area (Å²) in [6.45, 7) is 8.02. The van der Waals surface area contributed by atoms with Gasteiger partial charge in [-0.1, -0.05) is 6.07 Å². The van der Waals surface area contributed by atoms with Crippen molar-refractivity contribution in [1.29, 1.82) is 0 Å². The number of carbonyl (C=O) groups excluding carboxylic acids is 1. The van der Waals surface area contributed by atoms with Crippen molar-refractivity contribution in [2.24, 2.45) is 5.92 Å². The van der Waals surface area contributed by atoms with E-state index < -0.39 is 5.60 Å². The summed E-state index contributed by atoms with van der Waals surface area (Å²) in [4.78, 5) is 28.3. The van der Waals surface area contributed by atoms with Gasteiger partial charge in [-0.25, -0.2) is 14.8 Å². The molecule has 0 spiro atoms. The molecule has 1 amide bonds.